The molecule has 0 spiro atoms. The van der Waals surface area contributed by atoms with E-state index in [0.717, 1.165) is 25.7 Å². The van der Waals surface area contributed by atoms with Crippen molar-refractivity contribution in [2.24, 2.45) is 11.8 Å². The molecule has 4 rings (SSSR count). The molecule has 3 fully saturated rings. The van der Waals surface area contributed by atoms with Gasteiger partial charge in [-0.25, -0.2) is 0 Å². The van der Waals surface area contributed by atoms with Crippen molar-refractivity contribution in [2.75, 3.05) is 20.2 Å². The van der Waals surface area contributed by atoms with Gasteiger partial charge < -0.3 is 14.5 Å². The van der Waals surface area contributed by atoms with E-state index in [4.69, 9.17) is 16.3 Å². The van der Waals surface area contributed by atoms with Gasteiger partial charge in [-0.15, -0.1) is 0 Å². The molecule has 2 aliphatic carbocycles. The Bertz CT molecular complexity index is 752. The van der Waals surface area contributed by atoms with E-state index in [2.05, 4.69) is 11.8 Å². The van der Waals surface area contributed by atoms with Crippen LogP contribution in [-0.2, 0) is 4.79 Å². The first-order valence-corrected chi connectivity index (χ1v) is 10.8. The lowest BCUT2D eigenvalue weighted by molar-refractivity contribution is -0.140. The summed E-state index contributed by atoms with van der Waals surface area (Å²) in [6, 6.07) is 5.93. The number of nitrogens with zero attached hydrogens (tertiary/aromatic N) is 2. The highest BCUT2D eigenvalue weighted by Crippen LogP contribution is 2.41. The quantitative estimate of drug-likeness (QED) is 0.720. The number of carbonyl (C=O) groups is 2. The molecule has 1 aromatic carbocycles. The standard InChI is InChI=1S/C22H29ClN2O3/c1-14(15-3-4-15)25(18-6-7-18)21(26)16-9-11-24(12-10-16)22(27)19-13-17(23)5-8-20(19)28-2/h5,8,13-16,18H,3-4,6-7,9-12H2,1-2H3/t14-/m1/s1. The molecule has 6 heteroatoms. The lowest BCUT2D eigenvalue weighted by Crippen LogP contribution is -2.48. The van der Waals surface area contributed by atoms with Crippen LogP contribution < -0.4 is 4.74 Å². The first-order chi connectivity index (χ1) is 13.5. The van der Waals surface area contributed by atoms with Gasteiger partial charge in [0.1, 0.15) is 5.75 Å². The minimum Gasteiger partial charge on any atom is -0.496 e. The smallest absolute Gasteiger partial charge is 0.257 e. The average Bonchev–Trinajstić information content (AvgIpc) is 3.60. The summed E-state index contributed by atoms with van der Waals surface area (Å²) >= 11 is 6.08. The Morgan fingerprint density at radius 3 is 2.39 bits per heavy atom. The van der Waals surface area contributed by atoms with E-state index in [-0.39, 0.29) is 11.8 Å². The summed E-state index contributed by atoms with van der Waals surface area (Å²) in [5.74, 6) is 1.50. The van der Waals surface area contributed by atoms with Crippen LogP contribution in [0.4, 0.5) is 0 Å². The van der Waals surface area contributed by atoms with Crippen LogP contribution in [0.5, 0.6) is 5.75 Å². The molecule has 152 valence electrons. The predicted octanol–water partition coefficient (Wildman–Crippen LogP) is 3.99. The monoisotopic (exact) mass is 404 g/mol. The van der Waals surface area contributed by atoms with Gasteiger partial charge in [0.25, 0.3) is 5.91 Å². The van der Waals surface area contributed by atoms with Crippen molar-refractivity contribution < 1.29 is 14.3 Å². The lowest BCUT2D eigenvalue weighted by atomic mass is 9.93. The van der Waals surface area contributed by atoms with Crippen molar-refractivity contribution in [3.8, 4) is 5.75 Å². The molecule has 0 N–H and O–H groups in total. The molecule has 2 amide bonds. The summed E-state index contributed by atoms with van der Waals surface area (Å²) in [4.78, 5) is 30.2. The van der Waals surface area contributed by atoms with E-state index < -0.39 is 0 Å². The van der Waals surface area contributed by atoms with Gasteiger partial charge in [0.15, 0.2) is 0 Å². The topological polar surface area (TPSA) is 49.9 Å². The van der Waals surface area contributed by atoms with Gasteiger partial charge in [0.2, 0.25) is 5.91 Å². The summed E-state index contributed by atoms with van der Waals surface area (Å²) in [5, 5.41) is 0.517. The first kappa shape index (κ1) is 19.6. The van der Waals surface area contributed by atoms with E-state index in [9.17, 15) is 9.59 Å². The van der Waals surface area contributed by atoms with Crippen molar-refractivity contribution >= 4 is 23.4 Å². The van der Waals surface area contributed by atoms with Gasteiger partial charge in [-0.2, -0.15) is 0 Å². The first-order valence-electron chi connectivity index (χ1n) is 10.4. The van der Waals surface area contributed by atoms with Gasteiger partial charge >= 0.3 is 0 Å². The van der Waals surface area contributed by atoms with Crippen LogP contribution in [0.25, 0.3) is 0 Å². The Morgan fingerprint density at radius 2 is 1.82 bits per heavy atom. The summed E-state index contributed by atoms with van der Waals surface area (Å²) in [5.41, 5.74) is 0.488. The van der Waals surface area contributed by atoms with Crippen molar-refractivity contribution in [1.82, 2.24) is 9.80 Å². The third-order valence-corrected chi connectivity index (χ3v) is 6.70. The highest BCUT2D eigenvalue weighted by atomic mass is 35.5. The predicted molar refractivity (Wildman–Crippen MR) is 109 cm³/mol. The minimum atomic E-state index is -0.0735. The number of ether oxygens (including phenoxy) is 1. The van der Waals surface area contributed by atoms with E-state index in [1.54, 1.807) is 25.3 Å². The zero-order valence-corrected chi connectivity index (χ0v) is 17.5. The van der Waals surface area contributed by atoms with Gasteiger partial charge in [-0.3, -0.25) is 9.59 Å². The zero-order valence-electron chi connectivity index (χ0n) is 16.7. The largest absolute Gasteiger partial charge is 0.496 e. The number of piperidine rings is 1. The molecule has 1 heterocycles. The maximum atomic E-state index is 13.2. The van der Waals surface area contributed by atoms with E-state index in [0.29, 0.717) is 53.3 Å². The Balaban J connectivity index is 1.39. The van der Waals surface area contributed by atoms with Crippen LogP contribution in [0.15, 0.2) is 18.2 Å². The van der Waals surface area contributed by atoms with Crippen LogP contribution in [-0.4, -0.2) is 53.9 Å². The molecule has 5 nitrogen and oxygen atoms in total. The van der Waals surface area contributed by atoms with E-state index in [1.165, 1.54) is 12.8 Å². The Kier molecular flexibility index (Phi) is 5.55. The summed E-state index contributed by atoms with van der Waals surface area (Å²) in [6.07, 6.45) is 6.27. The number of likely N-dealkylation sites (tertiary alicyclic amines) is 1. The number of hydrogen-bond acceptors (Lipinski definition) is 3. The van der Waals surface area contributed by atoms with Gasteiger partial charge in [-0.1, -0.05) is 11.6 Å². The van der Waals surface area contributed by atoms with Crippen LogP contribution in [0, 0.1) is 11.8 Å². The second-order valence-electron chi connectivity index (χ2n) is 8.47. The normalized spacial score (nSPS) is 21.3. The molecule has 1 saturated heterocycles. The van der Waals surface area contributed by atoms with Gasteiger partial charge in [-0.05, 0) is 69.6 Å². The highest BCUT2D eigenvalue weighted by molar-refractivity contribution is 6.31. The molecular weight excluding hydrogens is 376 g/mol. The molecule has 1 aromatic rings. The number of hydrogen-bond donors (Lipinski definition) is 0. The Labute approximate surface area is 172 Å². The molecule has 0 radical (unpaired) electrons. The highest BCUT2D eigenvalue weighted by Gasteiger charge is 2.44. The molecule has 0 aromatic heterocycles. The fourth-order valence-electron chi connectivity index (χ4n) is 4.43. The maximum Gasteiger partial charge on any atom is 0.257 e. The SMILES string of the molecule is COc1ccc(Cl)cc1C(=O)N1CCC(C(=O)N(C2CC2)[C@H](C)C2CC2)CC1. The number of methoxy groups -OCH3 is 1. The van der Waals surface area contributed by atoms with Gasteiger partial charge in [0, 0.05) is 36.1 Å². The van der Waals surface area contributed by atoms with Crippen molar-refractivity contribution in [2.45, 2.75) is 57.5 Å². The average molecular weight is 405 g/mol. The van der Waals surface area contributed by atoms with E-state index in [1.807, 2.05) is 4.90 Å². The Morgan fingerprint density at radius 1 is 1.14 bits per heavy atom. The fraction of sp³-hybridized carbons (Fsp3) is 0.636. The second kappa shape index (κ2) is 7.94. The van der Waals surface area contributed by atoms with Crippen LogP contribution >= 0.6 is 11.6 Å². The number of benzene rings is 1. The molecule has 1 aliphatic heterocycles. The van der Waals surface area contributed by atoms with Crippen LogP contribution in [0.3, 0.4) is 0 Å². The number of carbonyl (C=O) groups excluding carboxylic acids is 2. The third kappa shape index (κ3) is 4.00. The molecule has 0 unspecified atom stereocenters. The molecule has 1 atom stereocenters. The van der Waals surface area contributed by atoms with Crippen LogP contribution in [0.1, 0.15) is 55.8 Å². The maximum absolute atomic E-state index is 13.2. The van der Waals surface area contributed by atoms with Crippen molar-refractivity contribution in [3.05, 3.63) is 28.8 Å². The second-order valence-corrected chi connectivity index (χ2v) is 8.90. The van der Waals surface area contributed by atoms with Crippen LogP contribution in [0.2, 0.25) is 5.02 Å². The Hall–Kier alpha value is -1.75. The van der Waals surface area contributed by atoms with E-state index >= 15 is 0 Å². The molecular formula is C22H29ClN2O3. The van der Waals surface area contributed by atoms with Crippen molar-refractivity contribution in [3.63, 3.8) is 0 Å². The fourth-order valence-corrected chi connectivity index (χ4v) is 4.60. The number of amides is 2. The zero-order chi connectivity index (χ0) is 19.8. The molecule has 28 heavy (non-hydrogen) atoms. The molecule has 0 bridgehead atoms. The minimum absolute atomic E-state index is 0.0344. The number of rotatable bonds is 6. The summed E-state index contributed by atoms with van der Waals surface area (Å²) < 4.78 is 5.32. The van der Waals surface area contributed by atoms with Crippen molar-refractivity contribution in [1.29, 1.82) is 0 Å². The summed E-state index contributed by atoms with van der Waals surface area (Å²) in [7, 11) is 1.55. The number of halogens is 1. The third-order valence-electron chi connectivity index (χ3n) is 6.46. The molecule has 3 aliphatic rings. The van der Waals surface area contributed by atoms with Gasteiger partial charge in [0.05, 0.1) is 12.7 Å². The lowest BCUT2D eigenvalue weighted by Gasteiger charge is -2.37. The molecule has 2 saturated carbocycles. The summed E-state index contributed by atoms with van der Waals surface area (Å²) in [6.45, 7) is 3.42.